The third-order valence-electron chi connectivity index (χ3n) is 13.6. The fraction of sp³-hybridized carbons (Fsp3) is 0.900. The minimum atomic E-state index is -0.645. The van der Waals surface area contributed by atoms with E-state index >= 15 is 0 Å². The SMILES string of the molecule is C=C(CO)C1CCC2(C(=O)O)CC[C@]3(C)C(CCC4[C@@]5(C)CCC(O)C(C)(C)C5CC[C@]43C)C12. The Morgan fingerprint density at radius 1 is 0.853 bits per heavy atom. The number of aliphatic carboxylic acids is 1. The standard InChI is InChI=1S/C30H48O4/c1-18(17-31)19-9-14-30(25(33)34)16-15-28(5)20(24(19)30)7-8-22-27(4)12-11-23(32)26(2,3)21(27)10-13-29(22,28)6/h19-24,31-32H,1,7-17H2,2-6H3,(H,33,34)/t19?,20?,21?,22?,23?,24?,27-,28+,29+,30?/m0/s1. The summed E-state index contributed by atoms with van der Waals surface area (Å²) in [5, 5.41) is 31.4. The van der Waals surface area contributed by atoms with Crippen LogP contribution in [0.4, 0.5) is 0 Å². The summed E-state index contributed by atoms with van der Waals surface area (Å²) in [4.78, 5) is 12.8. The van der Waals surface area contributed by atoms with Crippen LogP contribution in [-0.4, -0.2) is 34.0 Å². The number of carboxylic acid groups (broad SMARTS) is 1. The summed E-state index contributed by atoms with van der Waals surface area (Å²) in [6.07, 6.45) is 9.75. The number of aliphatic hydroxyl groups excluding tert-OH is 2. The van der Waals surface area contributed by atoms with E-state index in [9.17, 15) is 20.1 Å². The number of carboxylic acids is 1. The molecule has 4 heteroatoms. The van der Waals surface area contributed by atoms with E-state index in [-0.39, 0.29) is 46.2 Å². The lowest BCUT2D eigenvalue weighted by Crippen LogP contribution is -2.67. The van der Waals surface area contributed by atoms with Crippen LogP contribution in [0.5, 0.6) is 0 Å². The van der Waals surface area contributed by atoms with Gasteiger partial charge in [0.1, 0.15) is 0 Å². The highest BCUT2D eigenvalue weighted by molar-refractivity contribution is 5.76. The molecule has 0 aliphatic heterocycles. The van der Waals surface area contributed by atoms with E-state index in [0.717, 1.165) is 56.9 Å². The maximum Gasteiger partial charge on any atom is 0.309 e. The highest BCUT2D eigenvalue weighted by Crippen LogP contribution is 2.77. The Bertz CT molecular complexity index is 879. The average molecular weight is 473 g/mol. The zero-order chi connectivity index (χ0) is 24.9. The molecule has 0 amide bonds. The van der Waals surface area contributed by atoms with Gasteiger partial charge < -0.3 is 15.3 Å². The molecule has 34 heavy (non-hydrogen) atoms. The second-order valence-corrected chi connectivity index (χ2v) is 14.5. The summed E-state index contributed by atoms with van der Waals surface area (Å²) in [5.41, 5.74) is 0.669. The number of carbonyl (C=O) groups is 1. The van der Waals surface area contributed by atoms with E-state index in [4.69, 9.17) is 0 Å². The Kier molecular flexibility index (Phi) is 5.52. The van der Waals surface area contributed by atoms with Gasteiger partial charge in [-0.1, -0.05) is 41.2 Å². The van der Waals surface area contributed by atoms with Crippen molar-refractivity contribution in [1.29, 1.82) is 0 Å². The summed E-state index contributed by atoms with van der Waals surface area (Å²) in [6.45, 7) is 16.4. The van der Waals surface area contributed by atoms with Gasteiger partial charge in [-0.2, -0.15) is 0 Å². The van der Waals surface area contributed by atoms with Crippen LogP contribution in [-0.2, 0) is 4.79 Å². The van der Waals surface area contributed by atoms with Gasteiger partial charge >= 0.3 is 5.97 Å². The molecule has 0 aromatic rings. The van der Waals surface area contributed by atoms with Crippen molar-refractivity contribution < 1.29 is 20.1 Å². The van der Waals surface area contributed by atoms with Gasteiger partial charge in [0, 0.05) is 0 Å². The lowest BCUT2D eigenvalue weighted by molar-refractivity contribution is -0.248. The van der Waals surface area contributed by atoms with Crippen LogP contribution in [0.15, 0.2) is 12.2 Å². The first kappa shape index (κ1) is 24.8. The number of fused-ring (bicyclic) bond motifs is 7. The van der Waals surface area contributed by atoms with Crippen molar-refractivity contribution in [2.45, 2.75) is 105 Å². The maximum atomic E-state index is 12.8. The van der Waals surface area contributed by atoms with Gasteiger partial charge in [0.25, 0.3) is 0 Å². The molecule has 5 rings (SSSR count). The van der Waals surface area contributed by atoms with Crippen molar-refractivity contribution in [2.24, 2.45) is 56.7 Å². The Morgan fingerprint density at radius 2 is 1.56 bits per heavy atom. The van der Waals surface area contributed by atoms with E-state index in [0.29, 0.717) is 17.8 Å². The largest absolute Gasteiger partial charge is 0.481 e. The third kappa shape index (κ3) is 2.82. The van der Waals surface area contributed by atoms with Crippen LogP contribution in [0.3, 0.4) is 0 Å². The number of hydrogen-bond acceptors (Lipinski definition) is 3. The molecule has 0 radical (unpaired) electrons. The van der Waals surface area contributed by atoms with Crippen LogP contribution in [0.2, 0.25) is 0 Å². The second kappa shape index (κ2) is 7.57. The predicted molar refractivity (Wildman–Crippen MR) is 134 cm³/mol. The molecule has 4 nitrogen and oxygen atoms in total. The molecule has 3 N–H and O–H groups in total. The number of rotatable bonds is 3. The van der Waals surface area contributed by atoms with Gasteiger partial charge in [-0.15, -0.1) is 0 Å². The molecule has 0 aromatic heterocycles. The summed E-state index contributed by atoms with van der Waals surface area (Å²) < 4.78 is 0. The second-order valence-electron chi connectivity index (χ2n) is 14.5. The first-order valence-electron chi connectivity index (χ1n) is 14.0. The molecule has 7 unspecified atom stereocenters. The molecule has 0 bridgehead atoms. The highest BCUT2D eigenvalue weighted by atomic mass is 16.4. The maximum absolute atomic E-state index is 12.8. The monoisotopic (exact) mass is 472 g/mol. The Morgan fingerprint density at radius 3 is 2.21 bits per heavy atom. The topological polar surface area (TPSA) is 77.8 Å². The zero-order valence-corrected chi connectivity index (χ0v) is 22.2. The number of aliphatic hydroxyl groups is 2. The summed E-state index contributed by atoms with van der Waals surface area (Å²) in [7, 11) is 0. The van der Waals surface area contributed by atoms with Gasteiger partial charge in [-0.25, -0.2) is 0 Å². The van der Waals surface area contributed by atoms with Crippen LogP contribution in [0.25, 0.3) is 0 Å². The van der Waals surface area contributed by atoms with Crippen LogP contribution < -0.4 is 0 Å². The average Bonchev–Trinajstić information content (AvgIpc) is 3.18. The Labute approximate surface area is 206 Å². The molecule has 192 valence electrons. The highest BCUT2D eigenvalue weighted by Gasteiger charge is 2.72. The van der Waals surface area contributed by atoms with Gasteiger partial charge in [0.2, 0.25) is 0 Å². The molecular weight excluding hydrogens is 424 g/mol. The third-order valence-corrected chi connectivity index (χ3v) is 13.6. The molecule has 0 aromatic carbocycles. The van der Waals surface area contributed by atoms with Crippen LogP contribution >= 0.6 is 0 Å². The number of hydrogen-bond donors (Lipinski definition) is 3. The normalized spacial score (nSPS) is 53.7. The summed E-state index contributed by atoms with van der Waals surface area (Å²) >= 11 is 0. The van der Waals surface area contributed by atoms with E-state index in [1.54, 1.807) is 0 Å². The summed E-state index contributed by atoms with van der Waals surface area (Å²) in [6, 6.07) is 0. The quantitative estimate of drug-likeness (QED) is 0.436. The van der Waals surface area contributed by atoms with Crippen molar-refractivity contribution in [3.05, 3.63) is 12.2 Å². The molecule has 0 spiro atoms. The first-order chi connectivity index (χ1) is 15.8. The fourth-order valence-corrected chi connectivity index (χ4v) is 11.5. The van der Waals surface area contributed by atoms with E-state index in [2.05, 4.69) is 41.2 Å². The minimum absolute atomic E-state index is 0.0304. The lowest BCUT2D eigenvalue weighted by atomic mass is 9.32. The van der Waals surface area contributed by atoms with E-state index in [1.807, 2.05) is 0 Å². The van der Waals surface area contributed by atoms with Gasteiger partial charge in [-0.05, 0) is 121 Å². The van der Waals surface area contributed by atoms with Crippen LogP contribution in [0, 0.1) is 56.7 Å². The molecule has 5 aliphatic rings. The van der Waals surface area contributed by atoms with Crippen molar-refractivity contribution >= 4 is 5.97 Å². The van der Waals surface area contributed by atoms with Gasteiger partial charge in [0.05, 0.1) is 18.1 Å². The van der Waals surface area contributed by atoms with E-state index in [1.165, 1.54) is 12.8 Å². The van der Waals surface area contributed by atoms with Crippen molar-refractivity contribution in [2.75, 3.05) is 6.61 Å². The van der Waals surface area contributed by atoms with Crippen molar-refractivity contribution in [1.82, 2.24) is 0 Å². The molecule has 5 saturated carbocycles. The van der Waals surface area contributed by atoms with Gasteiger partial charge in [0.15, 0.2) is 0 Å². The van der Waals surface area contributed by atoms with Crippen LogP contribution in [0.1, 0.15) is 98.8 Å². The molecule has 10 atom stereocenters. The van der Waals surface area contributed by atoms with E-state index < -0.39 is 11.4 Å². The van der Waals surface area contributed by atoms with Gasteiger partial charge in [-0.3, -0.25) is 4.79 Å². The molecule has 5 fully saturated rings. The molecular formula is C30H48O4. The minimum Gasteiger partial charge on any atom is -0.481 e. The zero-order valence-electron chi connectivity index (χ0n) is 22.2. The smallest absolute Gasteiger partial charge is 0.309 e. The first-order valence-corrected chi connectivity index (χ1v) is 14.0. The molecule has 0 heterocycles. The Balaban J connectivity index is 1.56. The molecule has 5 aliphatic carbocycles. The fourth-order valence-electron chi connectivity index (χ4n) is 11.5. The predicted octanol–water partition coefficient (Wildman–Crippen LogP) is 6.06. The lowest BCUT2D eigenvalue weighted by Gasteiger charge is -2.72. The van der Waals surface area contributed by atoms with Crippen molar-refractivity contribution in [3.63, 3.8) is 0 Å². The Hall–Kier alpha value is -0.870. The molecule has 0 saturated heterocycles. The summed E-state index contributed by atoms with van der Waals surface area (Å²) in [5.74, 6) is 1.13. The van der Waals surface area contributed by atoms with Crippen molar-refractivity contribution in [3.8, 4) is 0 Å².